The molecule has 0 unspecified atom stereocenters. The highest BCUT2D eigenvalue weighted by atomic mass is 16.1. The van der Waals surface area contributed by atoms with Crippen molar-refractivity contribution in [2.45, 2.75) is 63.5 Å². The molecule has 3 nitrogen and oxygen atoms in total. The Labute approximate surface area is 162 Å². The van der Waals surface area contributed by atoms with Crippen LogP contribution in [-0.4, -0.2) is 29.4 Å². The highest BCUT2D eigenvalue weighted by Gasteiger charge is 2.34. The fourth-order valence-electron chi connectivity index (χ4n) is 4.39. The van der Waals surface area contributed by atoms with Gasteiger partial charge >= 0.3 is 0 Å². The van der Waals surface area contributed by atoms with Gasteiger partial charge in [0, 0.05) is 36.3 Å². The lowest BCUT2D eigenvalue weighted by Crippen LogP contribution is -2.40. The molecule has 0 bridgehead atoms. The average Bonchev–Trinajstić information content (AvgIpc) is 3.55. The third kappa shape index (κ3) is 4.78. The number of hydrogen-bond donors (Lipinski definition) is 1. The summed E-state index contributed by atoms with van der Waals surface area (Å²) in [4.78, 5) is 15.3. The van der Waals surface area contributed by atoms with Crippen molar-refractivity contribution in [3.8, 4) is 11.1 Å². The van der Waals surface area contributed by atoms with Gasteiger partial charge in [0.05, 0.1) is 0 Å². The number of nitrogens with one attached hydrogen (secondary N) is 1. The number of para-hydroxylation sites is 1. The molecule has 0 radical (unpaired) electrons. The van der Waals surface area contributed by atoms with Crippen LogP contribution in [0.5, 0.6) is 0 Å². The van der Waals surface area contributed by atoms with Gasteiger partial charge in [-0.05, 0) is 37.3 Å². The number of benzene rings is 2. The number of rotatable bonds is 7. The zero-order chi connectivity index (χ0) is 18.5. The fourth-order valence-corrected chi connectivity index (χ4v) is 4.39. The van der Waals surface area contributed by atoms with Gasteiger partial charge in [0.1, 0.15) is 0 Å². The van der Waals surface area contributed by atoms with E-state index in [2.05, 4.69) is 28.4 Å². The van der Waals surface area contributed by atoms with Gasteiger partial charge in [0.2, 0.25) is 5.91 Å². The summed E-state index contributed by atoms with van der Waals surface area (Å²) in [6, 6.07) is 19.8. The highest BCUT2D eigenvalue weighted by molar-refractivity contribution is 5.95. The standard InChI is InChI=1S/C24H30N2O/c27-24(17-18-26(21-15-16-21)20-11-5-2-6-12-20)25-23-14-8-7-13-22(23)19-9-3-1-4-10-19/h1,3-4,7-10,13-14,20-21H,2,5-6,11-12,15-18H2,(H,25,27). The predicted molar refractivity (Wildman–Crippen MR) is 112 cm³/mol. The summed E-state index contributed by atoms with van der Waals surface area (Å²) in [5.41, 5.74) is 3.12. The van der Waals surface area contributed by atoms with Crippen LogP contribution in [0.4, 0.5) is 5.69 Å². The Bertz CT molecular complexity index is 748. The number of carbonyl (C=O) groups excluding carboxylic acids is 1. The van der Waals surface area contributed by atoms with E-state index < -0.39 is 0 Å². The van der Waals surface area contributed by atoms with E-state index in [4.69, 9.17) is 0 Å². The largest absolute Gasteiger partial charge is 0.325 e. The molecule has 2 saturated carbocycles. The number of carbonyl (C=O) groups is 1. The van der Waals surface area contributed by atoms with Gasteiger partial charge in [0.25, 0.3) is 0 Å². The highest BCUT2D eigenvalue weighted by Crippen LogP contribution is 2.34. The van der Waals surface area contributed by atoms with E-state index in [-0.39, 0.29) is 5.91 Å². The van der Waals surface area contributed by atoms with Crippen LogP contribution in [0.2, 0.25) is 0 Å². The lowest BCUT2D eigenvalue weighted by molar-refractivity contribution is -0.116. The van der Waals surface area contributed by atoms with Crippen LogP contribution in [0, 0.1) is 0 Å². The monoisotopic (exact) mass is 362 g/mol. The lowest BCUT2D eigenvalue weighted by Gasteiger charge is -2.34. The smallest absolute Gasteiger partial charge is 0.225 e. The maximum Gasteiger partial charge on any atom is 0.225 e. The molecule has 2 fully saturated rings. The van der Waals surface area contributed by atoms with Crippen LogP contribution in [0.15, 0.2) is 54.6 Å². The molecule has 0 aliphatic heterocycles. The topological polar surface area (TPSA) is 32.3 Å². The third-order valence-electron chi connectivity index (χ3n) is 5.94. The molecule has 142 valence electrons. The molecule has 0 spiro atoms. The van der Waals surface area contributed by atoms with Crippen LogP contribution < -0.4 is 5.32 Å². The molecule has 2 aromatic carbocycles. The number of nitrogens with zero attached hydrogens (tertiary/aromatic N) is 1. The Morgan fingerprint density at radius 2 is 1.52 bits per heavy atom. The van der Waals surface area contributed by atoms with Crippen LogP contribution in [0.1, 0.15) is 51.4 Å². The second kappa shape index (κ2) is 8.71. The fraction of sp³-hybridized carbons (Fsp3) is 0.458. The van der Waals surface area contributed by atoms with Crippen LogP contribution in [0.3, 0.4) is 0 Å². The first kappa shape index (κ1) is 18.2. The SMILES string of the molecule is O=C(CCN(C1CCCCC1)C1CC1)Nc1ccccc1-c1ccccc1. The van der Waals surface area contributed by atoms with Crippen molar-refractivity contribution in [1.82, 2.24) is 4.90 Å². The number of anilines is 1. The normalized spacial score (nSPS) is 17.8. The summed E-state index contributed by atoms with van der Waals surface area (Å²) in [5, 5.41) is 3.16. The van der Waals surface area contributed by atoms with Crippen molar-refractivity contribution >= 4 is 11.6 Å². The zero-order valence-corrected chi connectivity index (χ0v) is 16.1. The molecule has 0 aromatic heterocycles. The Kier molecular flexibility index (Phi) is 5.88. The van der Waals surface area contributed by atoms with Crippen LogP contribution >= 0.6 is 0 Å². The Balaban J connectivity index is 1.38. The van der Waals surface area contributed by atoms with Crippen molar-refractivity contribution in [3.63, 3.8) is 0 Å². The first-order valence-corrected chi connectivity index (χ1v) is 10.5. The number of amides is 1. The summed E-state index contributed by atoms with van der Waals surface area (Å²) >= 11 is 0. The van der Waals surface area contributed by atoms with Gasteiger partial charge in [0.15, 0.2) is 0 Å². The maximum absolute atomic E-state index is 12.7. The maximum atomic E-state index is 12.7. The second-order valence-corrected chi connectivity index (χ2v) is 7.97. The quantitative estimate of drug-likeness (QED) is 0.707. The molecular formula is C24H30N2O. The number of hydrogen-bond acceptors (Lipinski definition) is 2. The van der Waals surface area contributed by atoms with Gasteiger partial charge in [-0.25, -0.2) is 0 Å². The van der Waals surface area contributed by atoms with E-state index in [1.165, 1.54) is 44.9 Å². The molecule has 0 atom stereocenters. The molecule has 1 amide bonds. The Morgan fingerprint density at radius 3 is 2.26 bits per heavy atom. The van der Waals surface area contributed by atoms with Crippen molar-refractivity contribution in [2.75, 3.05) is 11.9 Å². The Hall–Kier alpha value is -2.13. The van der Waals surface area contributed by atoms with E-state index in [0.717, 1.165) is 29.4 Å². The summed E-state index contributed by atoms with van der Waals surface area (Å²) in [7, 11) is 0. The predicted octanol–water partition coefficient (Wildman–Crippen LogP) is 5.48. The first-order chi connectivity index (χ1) is 13.3. The molecular weight excluding hydrogens is 332 g/mol. The summed E-state index contributed by atoms with van der Waals surface area (Å²) in [6.07, 6.45) is 9.92. The van der Waals surface area contributed by atoms with Gasteiger partial charge in [-0.3, -0.25) is 9.69 Å². The van der Waals surface area contributed by atoms with Crippen molar-refractivity contribution in [3.05, 3.63) is 54.6 Å². The molecule has 2 aliphatic carbocycles. The molecule has 1 N–H and O–H groups in total. The minimum atomic E-state index is 0.125. The molecule has 0 heterocycles. The molecule has 4 rings (SSSR count). The summed E-state index contributed by atoms with van der Waals surface area (Å²) < 4.78 is 0. The molecule has 2 aromatic rings. The van der Waals surface area contributed by atoms with Gasteiger partial charge in [-0.15, -0.1) is 0 Å². The zero-order valence-electron chi connectivity index (χ0n) is 16.1. The van der Waals surface area contributed by atoms with Crippen LogP contribution in [0.25, 0.3) is 11.1 Å². The van der Waals surface area contributed by atoms with E-state index in [9.17, 15) is 4.79 Å². The first-order valence-electron chi connectivity index (χ1n) is 10.5. The summed E-state index contributed by atoms with van der Waals surface area (Å²) in [6.45, 7) is 0.897. The van der Waals surface area contributed by atoms with Gasteiger partial charge in [-0.1, -0.05) is 67.8 Å². The van der Waals surface area contributed by atoms with E-state index in [1.54, 1.807) is 0 Å². The van der Waals surface area contributed by atoms with Crippen LogP contribution in [-0.2, 0) is 4.79 Å². The summed E-state index contributed by atoms with van der Waals surface area (Å²) in [5.74, 6) is 0.125. The van der Waals surface area contributed by atoms with E-state index >= 15 is 0 Å². The van der Waals surface area contributed by atoms with Crippen molar-refractivity contribution < 1.29 is 4.79 Å². The second-order valence-electron chi connectivity index (χ2n) is 7.97. The molecule has 2 aliphatic rings. The van der Waals surface area contributed by atoms with E-state index in [0.29, 0.717) is 12.5 Å². The molecule has 27 heavy (non-hydrogen) atoms. The minimum Gasteiger partial charge on any atom is -0.325 e. The third-order valence-corrected chi connectivity index (χ3v) is 5.94. The van der Waals surface area contributed by atoms with Gasteiger partial charge in [-0.2, -0.15) is 0 Å². The molecule has 3 heteroatoms. The average molecular weight is 363 g/mol. The van der Waals surface area contributed by atoms with E-state index in [1.807, 2.05) is 36.4 Å². The van der Waals surface area contributed by atoms with Gasteiger partial charge < -0.3 is 5.32 Å². The Morgan fingerprint density at radius 1 is 0.852 bits per heavy atom. The molecule has 0 saturated heterocycles. The minimum absolute atomic E-state index is 0.125. The van der Waals surface area contributed by atoms with Crippen molar-refractivity contribution in [2.24, 2.45) is 0 Å². The lowest BCUT2D eigenvalue weighted by atomic mass is 9.94. The van der Waals surface area contributed by atoms with Crippen molar-refractivity contribution in [1.29, 1.82) is 0 Å².